The van der Waals surface area contributed by atoms with E-state index in [1.807, 2.05) is 54.6 Å². The van der Waals surface area contributed by atoms with E-state index >= 15 is 0 Å². The fourth-order valence-electron chi connectivity index (χ4n) is 4.34. The van der Waals surface area contributed by atoms with E-state index in [1.54, 1.807) is 6.20 Å². The lowest BCUT2D eigenvalue weighted by Crippen LogP contribution is -2.42. The van der Waals surface area contributed by atoms with E-state index in [0.29, 0.717) is 0 Å². The van der Waals surface area contributed by atoms with E-state index in [0.717, 1.165) is 38.7 Å². The third-order valence-corrected chi connectivity index (χ3v) is 5.88. The minimum Gasteiger partial charge on any atom is -0.480 e. The van der Waals surface area contributed by atoms with Crippen molar-refractivity contribution in [2.75, 3.05) is 6.61 Å². The van der Waals surface area contributed by atoms with Crippen LogP contribution in [0.2, 0.25) is 0 Å². The van der Waals surface area contributed by atoms with Crippen LogP contribution in [0, 0.1) is 0 Å². The number of amides is 1. The first-order valence-corrected chi connectivity index (χ1v) is 10.4. The number of rotatable bonds is 6. The molecule has 1 heterocycles. The second kappa shape index (κ2) is 8.19. The van der Waals surface area contributed by atoms with Gasteiger partial charge in [-0.3, -0.25) is 5.10 Å². The van der Waals surface area contributed by atoms with Gasteiger partial charge < -0.3 is 15.2 Å². The van der Waals surface area contributed by atoms with Crippen molar-refractivity contribution in [3.8, 4) is 11.1 Å². The van der Waals surface area contributed by atoms with Crippen molar-refractivity contribution in [2.24, 2.45) is 0 Å². The molecular formula is C25H21N3O4. The van der Waals surface area contributed by atoms with Gasteiger partial charge in [0, 0.05) is 17.7 Å². The molecule has 32 heavy (non-hydrogen) atoms. The molecular weight excluding hydrogens is 406 g/mol. The molecule has 1 aromatic heterocycles. The Kier molecular flexibility index (Phi) is 5.07. The number of aromatic amines is 1. The Morgan fingerprint density at radius 1 is 1.03 bits per heavy atom. The Morgan fingerprint density at radius 2 is 1.72 bits per heavy atom. The largest absolute Gasteiger partial charge is 0.480 e. The molecule has 5 rings (SSSR count). The van der Waals surface area contributed by atoms with Crippen molar-refractivity contribution in [1.82, 2.24) is 15.5 Å². The van der Waals surface area contributed by atoms with Crippen molar-refractivity contribution < 1.29 is 19.4 Å². The van der Waals surface area contributed by atoms with Crippen LogP contribution in [-0.4, -0.2) is 40.0 Å². The summed E-state index contributed by atoms with van der Waals surface area (Å²) in [5.74, 6) is -1.20. The zero-order chi connectivity index (χ0) is 22.1. The fourth-order valence-corrected chi connectivity index (χ4v) is 4.34. The van der Waals surface area contributed by atoms with E-state index in [4.69, 9.17) is 4.74 Å². The average molecular weight is 427 g/mol. The smallest absolute Gasteiger partial charge is 0.407 e. The first kappa shape index (κ1) is 19.8. The molecule has 0 spiro atoms. The molecule has 0 unspecified atom stereocenters. The number of hydrogen-bond acceptors (Lipinski definition) is 4. The van der Waals surface area contributed by atoms with E-state index < -0.39 is 18.1 Å². The molecule has 0 fully saturated rings. The van der Waals surface area contributed by atoms with Gasteiger partial charge in [0.1, 0.15) is 12.6 Å². The molecule has 0 aliphatic heterocycles. The molecule has 1 atom stereocenters. The number of alkyl carbamates (subject to hydrolysis) is 1. The lowest BCUT2D eigenvalue weighted by Gasteiger charge is -2.17. The van der Waals surface area contributed by atoms with Crippen molar-refractivity contribution in [3.63, 3.8) is 0 Å². The number of carboxylic acids is 1. The quantitative estimate of drug-likeness (QED) is 0.430. The van der Waals surface area contributed by atoms with Gasteiger partial charge in [-0.05, 0) is 39.9 Å². The molecule has 1 aliphatic rings. The summed E-state index contributed by atoms with van der Waals surface area (Å²) in [6, 6.07) is 20.5. The van der Waals surface area contributed by atoms with Crippen molar-refractivity contribution in [1.29, 1.82) is 0 Å². The van der Waals surface area contributed by atoms with E-state index in [-0.39, 0.29) is 18.9 Å². The molecule has 7 heteroatoms. The van der Waals surface area contributed by atoms with Gasteiger partial charge in [0.05, 0.1) is 11.7 Å². The maximum absolute atomic E-state index is 12.5. The molecule has 0 bridgehead atoms. The van der Waals surface area contributed by atoms with Crippen molar-refractivity contribution in [2.45, 2.75) is 18.4 Å². The van der Waals surface area contributed by atoms with Gasteiger partial charge in [-0.25, -0.2) is 9.59 Å². The third-order valence-electron chi connectivity index (χ3n) is 5.88. The van der Waals surface area contributed by atoms with Crippen LogP contribution in [0.25, 0.3) is 22.0 Å². The maximum atomic E-state index is 12.5. The summed E-state index contributed by atoms with van der Waals surface area (Å²) in [5.41, 5.74) is 6.12. The molecule has 4 aromatic rings. The predicted octanol–water partition coefficient (Wildman–Crippen LogP) is 4.10. The highest BCUT2D eigenvalue weighted by Crippen LogP contribution is 2.44. The number of carboxylic acid groups (broad SMARTS) is 1. The summed E-state index contributed by atoms with van der Waals surface area (Å²) in [6.45, 7) is 0.132. The van der Waals surface area contributed by atoms with E-state index in [1.165, 1.54) is 0 Å². The maximum Gasteiger partial charge on any atom is 0.407 e. The highest BCUT2D eigenvalue weighted by Gasteiger charge is 2.29. The lowest BCUT2D eigenvalue weighted by atomic mass is 9.98. The molecule has 1 amide bonds. The highest BCUT2D eigenvalue weighted by atomic mass is 16.5. The van der Waals surface area contributed by atoms with Gasteiger partial charge in [0.25, 0.3) is 0 Å². The summed E-state index contributed by atoms with van der Waals surface area (Å²) in [5, 5.41) is 19.8. The Balaban J connectivity index is 1.27. The summed E-state index contributed by atoms with van der Waals surface area (Å²) in [7, 11) is 0. The predicted molar refractivity (Wildman–Crippen MR) is 119 cm³/mol. The number of carbonyl (C=O) groups is 2. The third kappa shape index (κ3) is 3.69. The number of H-pyrrole nitrogens is 1. The fraction of sp³-hybridized carbons (Fsp3) is 0.160. The SMILES string of the molecule is O=C(N[C@@H](Cc1ccc2[nH]ncc2c1)C(=O)O)OCC1c2ccccc2-c2ccccc21. The number of fused-ring (bicyclic) bond motifs is 4. The molecule has 1 aliphatic carbocycles. The molecule has 0 saturated heterocycles. The molecule has 160 valence electrons. The summed E-state index contributed by atoms with van der Waals surface area (Å²) in [4.78, 5) is 24.2. The van der Waals surface area contributed by atoms with Crippen LogP contribution in [0.15, 0.2) is 72.9 Å². The summed E-state index contributed by atoms with van der Waals surface area (Å²) in [6.07, 6.45) is 1.07. The van der Waals surface area contributed by atoms with Crippen LogP contribution in [0.3, 0.4) is 0 Å². The minimum atomic E-state index is -1.12. The van der Waals surface area contributed by atoms with Gasteiger partial charge in [-0.1, -0.05) is 54.6 Å². The number of carbonyl (C=O) groups excluding carboxylic acids is 1. The number of aromatic nitrogens is 2. The Bertz CT molecular complexity index is 1270. The zero-order valence-corrected chi connectivity index (χ0v) is 17.1. The van der Waals surface area contributed by atoms with Gasteiger partial charge in [-0.15, -0.1) is 0 Å². The molecule has 3 N–H and O–H groups in total. The molecule has 0 radical (unpaired) electrons. The first-order chi connectivity index (χ1) is 15.6. The van der Waals surface area contributed by atoms with Crippen LogP contribution < -0.4 is 5.32 Å². The normalized spacial score (nSPS) is 13.4. The van der Waals surface area contributed by atoms with Gasteiger partial charge in [-0.2, -0.15) is 5.10 Å². The lowest BCUT2D eigenvalue weighted by molar-refractivity contribution is -0.139. The average Bonchev–Trinajstić information content (AvgIpc) is 3.39. The Labute approximate surface area is 184 Å². The van der Waals surface area contributed by atoms with Crippen molar-refractivity contribution in [3.05, 3.63) is 89.6 Å². The van der Waals surface area contributed by atoms with Crippen LogP contribution in [0.4, 0.5) is 4.79 Å². The molecule has 7 nitrogen and oxygen atoms in total. The molecule has 0 saturated carbocycles. The van der Waals surface area contributed by atoms with Gasteiger partial charge in [0.2, 0.25) is 0 Å². The van der Waals surface area contributed by atoms with E-state index in [9.17, 15) is 14.7 Å². The number of benzene rings is 3. The standard InChI is InChI=1S/C25H21N3O4/c29-24(30)23(12-15-9-10-22-16(11-15)13-26-28-22)27-25(31)32-14-21-19-7-3-1-5-17(19)18-6-2-4-8-20(18)21/h1-11,13,21,23H,12,14H2,(H,26,28)(H,27,31)(H,29,30)/t23-/m0/s1. The van der Waals surface area contributed by atoms with Gasteiger partial charge in [0.15, 0.2) is 0 Å². The van der Waals surface area contributed by atoms with Crippen molar-refractivity contribution >= 4 is 23.0 Å². The summed E-state index contributed by atoms with van der Waals surface area (Å²) < 4.78 is 5.49. The van der Waals surface area contributed by atoms with Gasteiger partial charge >= 0.3 is 12.1 Å². The number of ether oxygens (including phenoxy) is 1. The number of nitrogens with one attached hydrogen (secondary N) is 2. The zero-order valence-electron chi connectivity index (χ0n) is 17.1. The Morgan fingerprint density at radius 3 is 2.41 bits per heavy atom. The van der Waals surface area contributed by atoms with Crippen LogP contribution in [-0.2, 0) is 16.0 Å². The van der Waals surface area contributed by atoms with Crippen LogP contribution in [0.5, 0.6) is 0 Å². The number of hydrogen-bond donors (Lipinski definition) is 3. The van der Waals surface area contributed by atoms with Crippen LogP contribution >= 0.6 is 0 Å². The second-order valence-corrected chi connectivity index (χ2v) is 7.86. The highest BCUT2D eigenvalue weighted by molar-refractivity contribution is 5.82. The monoisotopic (exact) mass is 427 g/mol. The summed E-state index contributed by atoms with van der Waals surface area (Å²) >= 11 is 0. The minimum absolute atomic E-state index is 0.0834. The first-order valence-electron chi connectivity index (χ1n) is 10.4. The van der Waals surface area contributed by atoms with E-state index in [2.05, 4.69) is 27.6 Å². The number of nitrogens with zero attached hydrogens (tertiary/aromatic N) is 1. The van der Waals surface area contributed by atoms with Crippen LogP contribution in [0.1, 0.15) is 22.6 Å². The second-order valence-electron chi connectivity index (χ2n) is 7.86. The topological polar surface area (TPSA) is 104 Å². The number of aliphatic carboxylic acids is 1. The molecule has 3 aromatic carbocycles. The Hall–Kier alpha value is -4.13.